The third-order valence-corrected chi connectivity index (χ3v) is 4.15. The van der Waals surface area contributed by atoms with Crippen molar-refractivity contribution in [1.29, 1.82) is 0 Å². The summed E-state index contributed by atoms with van der Waals surface area (Å²) in [6.07, 6.45) is 5.24. The maximum Gasteiger partial charge on any atom is 0.223 e. The molecular formula is C12H8ClN7S. The minimum Gasteiger partial charge on any atom is -0.368 e. The Bertz CT molecular complexity index is 961. The zero-order valence-corrected chi connectivity index (χ0v) is 12.1. The second-order valence-corrected chi connectivity index (χ2v) is 5.60. The molecule has 0 aliphatic heterocycles. The molecule has 104 valence electrons. The van der Waals surface area contributed by atoms with Crippen molar-refractivity contribution >= 4 is 50.3 Å². The number of nitrogens with two attached hydrogens (primary N) is 1. The molecule has 2 N–H and O–H groups in total. The van der Waals surface area contributed by atoms with E-state index in [-0.39, 0.29) is 11.1 Å². The molecule has 0 saturated heterocycles. The number of imidazole rings is 1. The number of fused-ring (bicyclic) bond motifs is 2. The third kappa shape index (κ3) is 1.99. The molecule has 4 rings (SSSR count). The van der Waals surface area contributed by atoms with Crippen molar-refractivity contribution < 1.29 is 0 Å². The summed E-state index contributed by atoms with van der Waals surface area (Å²) in [5.41, 5.74) is 7.67. The Labute approximate surface area is 127 Å². The van der Waals surface area contributed by atoms with Crippen LogP contribution in [0.5, 0.6) is 0 Å². The molecule has 4 heterocycles. The average Bonchev–Trinajstić information content (AvgIpc) is 3.07. The summed E-state index contributed by atoms with van der Waals surface area (Å²) in [6.45, 7) is 0.513. The molecule has 0 unspecified atom stereocenters. The molecule has 0 spiro atoms. The number of pyridine rings is 1. The molecule has 7 nitrogen and oxygen atoms in total. The first-order valence-corrected chi connectivity index (χ1v) is 7.19. The zero-order chi connectivity index (χ0) is 14.4. The molecule has 0 atom stereocenters. The van der Waals surface area contributed by atoms with Gasteiger partial charge in [0, 0.05) is 11.6 Å². The summed E-state index contributed by atoms with van der Waals surface area (Å²) in [5.74, 6) is 0.123. The van der Waals surface area contributed by atoms with Crippen LogP contribution in [0.1, 0.15) is 5.69 Å². The van der Waals surface area contributed by atoms with Gasteiger partial charge in [-0.15, -0.1) is 0 Å². The number of nitrogen functional groups attached to an aromatic ring is 1. The summed E-state index contributed by atoms with van der Waals surface area (Å²) in [5, 5.41) is 1.28. The van der Waals surface area contributed by atoms with E-state index in [1.165, 1.54) is 11.5 Å². The van der Waals surface area contributed by atoms with Gasteiger partial charge in [0.25, 0.3) is 0 Å². The van der Waals surface area contributed by atoms with Gasteiger partial charge in [-0.3, -0.25) is 4.98 Å². The van der Waals surface area contributed by atoms with E-state index in [0.717, 1.165) is 15.8 Å². The van der Waals surface area contributed by atoms with Crippen molar-refractivity contribution in [2.75, 3.05) is 5.73 Å². The van der Waals surface area contributed by atoms with E-state index >= 15 is 0 Å². The first-order valence-electron chi connectivity index (χ1n) is 6.04. The van der Waals surface area contributed by atoms with Gasteiger partial charge in [0.15, 0.2) is 10.8 Å². The van der Waals surface area contributed by atoms with Gasteiger partial charge in [0.05, 0.1) is 29.5 Å². The normalized spacial score (nSPS) is 11.5. The quantitative estimate of drug-likeness (QED) is 0.569. The van der Waals surface area contributed by atoms with Crippen molar-refractivity contribution in [1.82, 2.24) is 28.9 Å². The van der Waals surface area contributed by atoms with Crippen LogP contribution in [-0.2, 0) is 6.54 Å². The fourth-order valence-electron chi connectivity index (χ4n) is 2.18. The lowest BCUT2D eigenvalue weighted by atomic mass is 10.2. The highest BCUT2D eigenvalue weighted by molar-refractivity contribution is 7.13. The van der Waals surface area contributed by atoms with Crippen LogP contribution in [0.2, 0.25) is 5.15 Å². The van der Waals surface area contributed by atoms with E-state index in [9.17, 15) is 0 Å². The van der Waals surface area contributed by atoms with Crippen LogP contribution in [0, 0.1) is 0 Å². The van der Waals surface area contributed by atoms with Crippen molar-refractivity contribution in [3.63, 3.8) is 0 Å². The molecular weight excluding hydrogens is 310 g/mol. The van der Waals surface area contributed by atoms with E-state index in [4.69, 9.17) is 17.3 Å². The Morgan fingerprint density at radius 2 is 2.19 bits per heavy atom. The third-order valence-electron chi connectivity index (χ3n) is 3.12. The van der Waals surface area contributed by atoms with Crippen LogP contribution in [-0.4, -0.2) is 28.9 Å². The number of hydrogen-bond acceptors (Lipinski definition) is 7. The van der Waals surface area contributed by atoms with Crippen molar-refractivity contribution in [2.24, 2.45) is 0 Å². The van der Waals surface area contributed by atoms with Crippen LogP contribution in [0.15, 0.2) is 24.8 Å². The van der Waals surface area contributed by atoms with E-state index in [2.05, 4.69) is 24.3 Å². The molecule has 4 aromatic rings. The lowest BCUT2D eigenvalue weighted by molar-refractivity contribution is 0.796. The summed E-state index contributed by atoms with van der Waals surface area (Å²) >= 11 is 7.47. The lowest BCUT2D eigenvalue weighted by Crippen LogP contribution is -2.03. The van der Waals surface area contributed by atoms with E-state index in [1.807, 2.05) is 16.8 Å². The molecule has 9 heteroatoms. The van der Waals surface area contributed by atoms with Gasteiger partial charge in [-0.25, -0.2) is 4.98 Å². The molecule has 0 fully saturated rings. The first-order chi connectivity index (χ1) is 10.2. The second-order valence-electron chi connectivity index (χ2n) is 4.41. The molecule has 21 heavy (non-hydrogen) atoms. The maximum atomic E-state index is 6.03. The summed E-state index contributed by atoms with van der Waals surface area (Å²) < 4.78 is 7.13. The zero-order valence-electron chi connectivity index (χ0n) is 10.6. The average molecular weight is 318 g/mol. The molecule has 0 saturated carbocycles. The molecule has 0 aromatic carbocycles. The smallest absolute Gasteiger partial charge is 0.223 e. The predicted molar refractivity (Wildman–Crippen MR) is 81.3 cm³/mol. The number of rotatable bonds is 2. The van der Waals surface area contributed by atoms with Gasteiger partial charge in [0.1, 0.15) is 5.52 Å². The number of halogens is 1. The number of hydrogen-bond donors (Lipinski definition) is 1. The SMILES string of the molecule is Nc1nc(Cl)c2ncn(Cc3nccc4sncc34)c2n1. The van der Waals surface area contributed by atoms with Crippen LogP contribution < -0.4 is 5.73 Å². The van der Waals surface area contributed by atoms with E-state index in [0.29, 0.717) is 17.7 Å². The Morgan fingerprint density at radius 1 is 1.29 bits per heavy atom. The van der Waals surface area contributed by atoms with Crippen molar-refractivity contribution in [3.8, 4) is 0 Å². The van der Waals surface area contributed by atoms with Crippen molar-refractivity contribution in [2.45, 2.75) is 6.54 Å². The predicted octanol–water partition coefficient (Wildman–Crippen LogP) is 2.11. The number of aromatic nitrogens is 6. The standard InChI is InChI=1S/C12H8ClN7S/c13-10-9-11(19-12(14)18-10)20(5-16-9)4-7-6-3-17-21-8(6)1-2-15-7/h1-3,5H,4H2,(H2,14,18,19). The maximum absolute atomic E-state index is 6.03. The number of nitrogens with zero attached hydrogens (tertiary/aromatic N) is 6. The largest absolute Gasteiger partial charge is 0.368 e. The summed E-state index contributed by atoms with van der Waals surface area (Å²) in [7, 11) is 0. The van der Waals surface area contributed by atoms with Gasteiger partial charge in [-0.2, -0.15) is 14.3 Å². The van der Waals surface area contributed by atoms with Crippen LogP contribution in [0.3, 0.4) is 0 Å². The number of anilines is 1. The fraction of sp³-hybridized carbons (Fsp3) is 0.0833. The Balaban J connectivity index is 1.86. The molecule has 4 aromatic heterocycles. The fourth-order valence-corrected chi connectivity index (χ4v) is 3.06. The summed E-state index contributed by atoms with van der Waals surface area (Å²) in [4.78, 5) is 16.7. The summed E-state index contributed by atoms with van der Waals surface area (Å²) in [6, 6.07) is 1.94. The van der Waals surface area contributed by atoms with E-state index < -0.39 is 0 Å². The van der Waals surface area contributed by atoms with Crippen LogP contribution in [0.25, 0.3) is 21.3 Å². The molecule has 0 aliphatic carbocycles. The highest BCUT2D eigenvalue weighted by Crippen LogP contribution is 2.23. The minimum absolute atomic E-state index is 0.123. The Kier molecular flexibility index (Phi) is 2.72. The van der Waals surface area contributed by atoms with Crippen molar-refractivity contribution in [3.05, 3.63) is 35.6 Å². The topological polar surface area (TPSA) is 95.4 Å². The van der Waals surface area contributed by atoms with Gasteiger partial charge in [0.2, 0.25) is 5.95 Å². The highest BCUT2D eigenvalue weighted by Gasteiger charge is 2.12. The molecule has 0 amide bonds. The minimum atomic E-state index is 0.123. The van der Waals surface area contributed by atoms with Gasteiger partial charge < -0.3 is 10.3 Å². The van der Waals surface area contributed by atoms with E-state index in [1.54, 1.807) is 12.5 Å². The highest BCUT2D eigenvalue weighted by atomic mass is 35.5. The lowest BCUT2D eigenvalue weighted by Gasteiger charge is -2.04. The monoisotopic (exact) mass is 317 g/mol. The molecule has 0 radical (unpaired) electrons. The Hall–Kier alpha value is -2.32. The van der Waals surface area contributed by atoms with Gasteiger partial charge >= 0.3 is 0 Å². The molecule has 0 aliphatic rings. The van der Waals surface area contributed by atoms with Crippen LogP contribution >= 0.6 is 23.1 Å². The second kappa shape index (κ2) is 4.61. The van der Waals surface area contributed by atoms with Gasteiger partial charge in [-0.05, 0) is 17.6 Å². The van der Waals surface area contributed by atoms with Gasteiger partial charge in [-0.1, -0.05) is 11.6 Å². The Morgan fingerprint density at radius 3 is 3.10 bits per heavy atom. The van der Waals surface area contributed by atoms with Crippen LogP contribution in [0.4, 0.5) is 5.95 Å². The first kappa shape index (κ1) is 12.4. The molecule has 0 bridgehead atoms.